The first kappa shape index (κ1) is 24.8. The minimum atomic E-state index is -3.13. The van der Waals surface area contributed by atoms with Crippen LogP contribution in [-0.4, -0.2) is 66.6 Å². The number of carbonyl (C=O) groups is 2. The Labute approximate surface area is 171 Å². The summed E-state index contributed by atoms with van der Waals surface area (Å²) in [6, 6.07) is 3.41. The maximum absolute atomic E-state index is 12.0. The first-order valence-electron chi connectivity index (χ1n) is 9.32. The summed E-state index contributed by atoms with van der Waals surface area (Å²) in [7, 11) is -3.13. The highest BCUT2D eigenvalue weighted by atomic mass is 32.2. The molecule has 0 aliphatic carbocycles. The summed E-state index contributed by atoms with van der Waals surface area (Å²) in [4.78, 5) is 26.6. The Hall–Kier alpha value is -2.20. The first-order chi connectivity index (χ1) is 13.4. The molecule has 10 heteroatoms. The molecule has 0 aromatic carbocycles. The number of piperidine rings is 1. The average Bonchev–Trinajstić information content (AvgIpc) is 2.61. The molecule has 0 unspecified atom stereocenters. The Morgan fingerprint density at radius 3 is 2.48 bits per heavy atom. The van der Waals surface area contributed by atoms with Gasteiger partial charge in [-0.1, -0.05) is 19.9 Å². The van der Waals surface area contributed by atoms with Gasteiger partial charge in [0.25, 0.3) is 6.47 Å². The topological polar surface area (TPSA) is 145 Å². The second kappa shape index (κ2) is 10.5. The van der Waals surface area contributed by atoms with Gasteiger partial charge in [-0.05, 0) is 36.8 Å². The lowest BCUT2D eigenvalue weighted by molar-refractivity contribution is -0.158. The third-order valence-electron chi connectivity index (χ3n) is 4.94. The Kier molecular flexibility index (Phi) is 9.03. The second-order valence-corrected chi connectivity index (χ2v) is 9.96. The molecule has 164 valence electrons. The van der Waals surface area contributed by atoms with E-state index in [9.17, 15) is 23.4 Å². The molecule has 0 spiro atoms. The number of nitrogens with zero attached hydrogens (tertiary/aromatic N) is 2. The van der Waals surface area contributed by atoms with Crippen molar-refractivity contribution in [2.45, 2.75) is 45.0 Å². The van der Waals surface area contributed by atoms with Crippen LogP contribution in [0.2, 0.25) is 0 Å². The normalized spacial score (nSPS) is 22.0. The highest BCUT2D eigenvalue weighted by Crippen LogP contribution is 2.38. The van der Waals surface area contributed by atoms with Crippen LogP contribution >= 0.6 is 0 Å². The molecule has 0 bridgehead atoms. The smallest absolute Gasteiger partial charge is 0.314 e. The molecule has 1 aromatic heterocycles. The van der Waals surface area contributed by atoms with Crippen molar-refractivity contribution in [1.29, 1.82) is 0 Å². The highest BCUT2D eigenvalue weighted by molar-refractivity contribution is 7.89. The quantitative estimate of drug-likeness (QED) is 0.546. The summed E-state index contributed by atoms with van der Waals surface area (Å²) in [6.07, 6.45) is 3.28. The lowest BCUT2D eigenvalue weighted by Crippen LogP contribution is -2.56. The third-order valence-corrected chi connectivity index (χ3v) is 5.80. The number of aromatic nitrogens is 1. The molecule has 3 N–H and O–H groups in total. The van der Waals surface area contributed by atoms with Gasteiger partial charge in [0.2, 0.25) is 0 Å². The maximum atomic E-state index is 12.0. The van der Waals surface area contributed by atoms with Crippen molar-refractivity contribution in [3.05, 3.63) is 23.9 Å². The van der Waals surface area contributed by atoms with Crippen LogP contribution < -0.4 is 4.90 Å². The fraction of sp³-hybridized carbons (Fsp3) is 0.632. The van der Waals surface area contributed by atoms with E-state index in [0.717, 1.165) is 6.42 Å². The van der Waals surface area contributed by atoms with Crippen LogP contribution in [0.4, 0.5) is 5.82 Å². The molecule has 9 nitrogen and oxygen atoms in total. The van der Waals surface area contributed by atoms with Crippen molar-refractivity contribution in [2.24, 2.45) is 11.3 Å². The van der Waals surface area contributed by atoms with Crippen LogP contribution in [0.3, 0.4) is 0 Å². The summed E-state index contributed by atoms with van der Waals surface area (Å²) in [5.41, 5.74) is -0.618. The summed E-state index contributed by atoms with van der Waals surface area (Å²) in [6.45, 7) is 4.51. The number of anilines is 1. The molecule has 29 heavy (non-hydrogen) atoms. The molecular weight excluding hydrogens is 400 g/mol. The number of sulfone groups is 1. The van der Waals surface area contributed by atoms with Crippen LogP contribution in [0, 0.1) is 11.3 Å². The van der Waals surface area contributed by atoms with E-state index in [1.807, 2.05) is 18.7 Å². The fourth-order valence-electron chi connectivity index (χ4n) is 3.38. The molecule has 1 saturated heterocycles. The maximum Gasteiger partial charge on any atom is 0.314 e. The molecule has 0 amide bonds. The van der Waals surface area contributed by atoms with Gasteiger partial charge in [-0.3, -0.25) is 9.59 Å². The van der Waals surface area contributed by atoms with E-state index in [4.69, 9.17) is 9.90 Å². The van der Waals surface area contributed by atoms with E-state index in [-0.39, 0.29) is 18.8 Å². The summed E-state index contributed by atoms with van der Waals surface area (Å²) in [5, 5.41) is 27.2. The zero-order valence-corrected chi connectivity index (χ0v) is 17.8. The predicted octanol–water partition coefficient (Wildman–Crippen LogP) is 1.41. The van der Waals surface area contributed by atoms with Gasteiger partial charge in [-0.15, -0.1) is 0 Å². The molecule has 2 heterocycles. The molecule has 1 fully saturated rings. The lowest BCUT2D eigenvalue weighted by Gasteiger charge is -2.44. The number of aliphatic hydroxyl groups is 1. The molecule has 2 rings (SSSR count). The standard InChI is InChI=1S/C18H28N2O5S.CH2O2/c1-13(2)6-8-18(17(22)23)12-20(9-7-15(18)21)16-5-4-14(10-19-16)11-26(3,24)25;2-1-3/h4-5,10,13,15,21H,6-9,11-12H2,1-3H3,(H,22,23);1H,(H,2,3)/t15-,18+;/m0./s1. The molecule has 0 radical (unpaired) electrons. The predicted molar refractivity (Wildman–Crippen MR) is 108 cm³/mol. The monoisotopic (exact) mass is 430 g/mol. The summed E-state index contributed by atoms with van der Waals surface area (Å²) in [5.74, 6) is -0.109. The van der Waals surface area contributed by atoms with Crippen molar-refractivity contribution in [2.75, 3.05) is 24.2 Å². The number of aliphatic carboxylic acids is 1. The van der Waals surface area contributed by atoms with Gasteiger partial charge in [0.1, 0.15) is 11.2 Å². The van der Waals surface area contributed by atoms with Crippen molar-refractivity contribution in [3.8, 4) is 0 Å². The van der Waals surface area contributed by atoms with E-state index >= 15 is 0 Å². The highest BCUT2D eigenvalue weighted by Gasteiger charge is 2.49. The van der Waals surface area contributed by atoms with E-state index in [1.54, 1.807) is 12.1 Å². The van der Waals surface area contributed by atoms with Crippen molar-refractivity contribution in [1.82, 2.24) is 4.98 Å². The Balaban J connectivity index is 0.00000132. The number of hydrogen-bond donors (Lipinski definition) is 3. The van der Waals surface area contributed by atoms with Crippen LogP contribution in [0.25, 0.3) is 0 Å². The van der Waals surface area contributed by atoms with Crippen LogP contribution in [0.15, 0.2) is 18.3 Å². The van der Waals surface area contributed by atoms with E-state index in [0.29, 0.717) is 36.7 Å². The molecule has 1 aliphatic heterocycles. The number of hydrogen-bond acceptors (Lipinski definition) is 7. The molecular formula is C19H30N2O7S. The van der Waals surface area contributed by atoms with E-state index < -0.39 is 27.3 Å². The van der Waals surface area contributed by atoms with Gasteiger partial charge in [-0.25, -0.2) is 13.4 Å². The van der Waals surface area contributed by atoms with Crippen molar-refractivity contribution in [3.63, 3.8) is 0 Å². The number of pyridine rings is 1. The number of carboxylic acid groups (broad SMARTS) is 2. The lowest BCUT2D eigenvalue weighted by atomic mass is 9.73. The van der Waals surface area contributed by atoms with E-state index in [2.05, 4.69) is 4.98 Å². The largest absolute Gasteiger partial charge is 0.483 e. The number of carboxylic acids is 1. The van der Waals surface area contributed by atoms with Crippen LogP contribution in [0.5, 0.6) is 0 Å². The molecule has 0 saturated carbocycles. The van der Waals surface area contributed by atoms with Gasteiger partial charge >= 0.3 is 5.97 Å². The van der Waals surface area contributed by atoms with Gasteiger partial charge in [0.05, 0.1) is 11.9 Å². The summed E-state index contributed by atoms with van der Waals surface area (Å²) >= 11 is 0. The second-order valence-electron chi connectivity index (χ2n) is 7.82. The van der Waals surface area contributed by atoms with Gasteiger partial charge in [0, 0.05) is 25.5 Å². The van der Waals surface area contributed by atoms with Crippen molar-refractivity contribution < 1.29 is 33.3 Å². The zero-order chi connectivity index (χ0) is 22.2. The summed E-state index contributed by atoms with van der Waals surface area (Å²) < 4.78 is 22.8. The Morgan fingerprint density at radius 2 is 2.03 bits per heavy atom. The molecule has 1 aromatic rings. The van der Waals surface area contributed by atoms with E-state index in [1.165, 1.54) is 12.5 Å². The minimum Gasteiger partial charge on any atom is -0.483 e. The SMILES string of the molecule is CC(C)CC[C@@]1(C(=O)O)CN(c2ccc(CS(C)(=O)=O)cn2)CC[C@@H]1O.O=CO. The Bertz CT molecular complexity index is 780. The first-order valence-corrected chi connectivity index (χ1v) is 11.4. The molecule has 2 atom stereocenters. The van der Waals surface area contributed by atoms with Gasteiger partial charge < -0.3 is 20.2 Å². The number of rotatable bonds is 7. The van der Waals surface area contributed by atoms with Crippen LogP contribution in [0.1, 0.15) is 38.7 Å². The third kappa shape index (κ3) is 7.28. The Morgan fingerprint density at radius 1 is 1.41 bits per heavy atom. The average molecular weight is 431 g/mol. The zero-order valence-electron chi connectivity index (χ0n) is 17.0. The van der Waals surface area contributed by atoms with Gasteiger partial charge in [-0.2, -0.15) is 0 Å². The minimum absolute atomic E-state index is 0.0769. The number of aliphatic hydroxyl groups excluding tert-OH is 1. The fourth-order valence-corrected chi connectivity index (χ4v) is 4.15. The molecule has 1 aliphatic rings. The van der Waals surface area contributed by atoms with Crippen LogP contribution in [-0.2, 0) is 25.2 Å². The van der Waals surface area contributed by atoms with Gasteiger partial charge in [0.15, 0.2) is 9.84 Å². The van der Waals surface area contributed by atoms with Crippen molar-refractivity contribution >= 4 is 28.1 Å².